The van der Waals surface area contributed by atoms with Crippen LogP contribution in [0.25, 0.3) is 21.3 Å². The first kappa shape index (κ1) is 8.49. The van der Waals surface area contributed by atoms with E-state index < -0.39 is 0 Å². The van der Waals surface area contributed by atoms with E-state index in [0.717, 1.165) is 21.3 Å². The SMILES string of the molecule is c1coc(-c2ccc(-c3cnco3)s2)c1. The van der Waals surface area contributed by atoms with Gasteiger partial charge in [0.15, 0.2) is 12.2 Å². The molecule has 0 N–H and O–H groups in total. The van der Waals surface area contributed by atoms with Crippen molar-refractivity contribution >= 4 is 11.3 Å². The molecule has 0 aliphatic rings. The van der Waals surface area contributed by atoms with Crippen LogP contribution in [-0.4, -0.2) is 4.98 Å². The van der Waals surface area contributed by atoms with Gasteiger partial charge in [0.25, 0.3) is 0 Å². The molecule has 0 saturated carbocycles. The van der Waals surface area contributed by atoms with E-state index in [1.807, 2.05) is 24.3 Å². The molecule has 3 nitrogen and oxygen atoms in total. The molecule has 74 valence electrons. The molecular formula is C11H7NO2S. The fourth-order valence-corrected chi connectivity index (χ4v) is 2.29. The van der Waals surface area contributed by atoms with E-state index in [1.165, 1.54) is 6.39 Å². The molecule has 3 aromatic heterocycles. The van der Waals surface area contributed by atoms with E-state index in [2.05, 4.69) is 4.98 Å². The molecule has 0 aromatic carbocycles. The Kier molecular flexibility index (Phi) is 1.93. The Morgan fingerprint density at radius 2 is 1.87 bits per heavy atom. The Labute approximate surface area is 90.0 Å². The van der Waals surface area contributed by atoms with E-state index in [1.54, 1.807) is 23.8 Å². The van der Waals surface area contributed by atoms with Crippen LogP contribution in [0.15, 0.2) is 52.0 Å². The summed E-state index contributed by atoms with van der Waals surface area (Å²) in [6.45, 7) is 0. The fourth-order valence-electron chi connectivity index (χ4n) is 1.36. The van der Waals surface area contributed by atoms with E-state index in [4.69, 9.17) is 8.83 Å². The zero-order valence-corrected chi connectivity index (χ0v) is 8.53. The van der Waals surface area contributed by atoms with Gasteiger partial charge in [0.2, 0.25) is 0 Å². The zero-order chi connectivity index (χ0) is 10.1. The minimum absolute atomic E-state index is 0.790. The zero-order valence-electron chi connectivity index (χ0n) is 7.71. The molecule has 0 unspecified atom stereocenters. The van der Waals surface area contributed by atoms with Gasteiger partial charge in [0.05, 0.1) is 22.2 Å². The van der Waals surface area contributed by atoms with Crippen molar-refractivity contribution in [3.05, 3.63) is 43.1 Å². The predicted octanol–water partition coefficient (Wildman–Crippen LogP) is 3.66. The third-order valence-corrected chi connectivity index (χ3v) is 3.16. The normalized spacial score (nSPS) is 10.7. The van der Waals surface area contributed by atoms with Crippen molar-refractivity contribution in [2.24, 2.45) is 0 Å². The Hall–Kier alpha value is -1.81. The number of oxazole rings is 1. The monoisotopic (exact) mass is 217 g/mol. The quantitative estimate of drug-likeness (QED) is 0.657. The van der Waals surface area contributed by atoms with Crippen molar-refractivity contribution in [2.75, 3.05) is 0 Å². The van der Waals surface area contributed by atoms with Crippen LogP contribution >= 0.6 is 11.3 Å². The lowest BCUT2D eigenvalue weighted by Gasteiger charge is -1.88. The molecule has 0 fully saturated rings. The molecule has 0 aliphatic heterocycles. The molecule has 4 heteroatoms. The van der Waals surface area contributed by atoms with Crippen molar-refractivity contribution in [2.45, 2.75) is 0 Å². The average Bonchev–Trinajstić information content (AvgIpc) is 3.02. The molecule has 0 amide bonds. The minimum Gasteiger partial charge on any atom is -0.464 e. The lowest BCUT2D eigenvalue weighted by molar-refractivity contribution is 0.573. The first-order valence-corrected chi connectivity index (χ1v) is 5.28. The maximum atomic E-state index is 5.31. The number of aromatic nitrogens is 1. The first-order chi connectivity index (χ1) is 7.43. The molecule has 0 radical (unpaired) electrons. The topological polar surface area (TPSA) is 39.2 Å². The smallest absolute Gasteiger partial charge is 0.181 e. The summed E-state index contributed by atoms with van der Waals surface area (Å²) in [6, 6.07) is 7.84. The maximum Gasteiger partial charge on any atom is 0.181 e. The second-order valence-corrected chi connectivity index (χ2v) is 4.09. The number of thiophene rings is 1. The Bertz CT molecular complexity index is 488. The van der Waals surface area contributed by atoms with Gasteiger partial charge >= 0.3 is 0 Å². The first-order valence-electron chi connectivity index (χ1n) is 4.46. The second-order valence-electron chi connectivity index (χ2n) is 3.01. The molecule has 0 bridgehead atoms. The molecule has 15 heavy (non-hydrogen) atoms. The van der Waals surface area contributed by atoms with Gasteiger partial charge in [-0.05, 0) is 24.3 Å². The number of furan rings is 1. The van der Waals surface area contributed by atoms with Crippen LogP contribution in [0.5, 0.6) is 0 Å². The second kappa shape index (κ2) is 3.40. The van der Waals surface area contributed by atoms with Crippen LogP contribution in [0.1, 0.15) is 0 Å². The largest absolute Gasteiger partial charge is 0.464 e. The van der Waals surface area contributed by atoms with Crippen LogP contribution in [0.2, 0.25) is 0 Å². The number of hydrogen-bond donors (Lipinski definition) is 0. The van der Waals surface area contributed by atoms with Gasteiger partial charge in [0.1, 0.15) is 5.76 Å². The Balaban J connectivity index is 2.02. The third-order valence-electron chi connectivity index (χ3n) is 2.05. The molecule has 3 heterocycles. The van der Waals surface area contributed by atoms with Crippen LogP contribution in [0.3, 0.4) is 0 Å². The molecular weight excluding hydrogens is 210 g/mol. The molecule has 0 saturated heterocycles. The van der Waals surface area contributed by atoms with Gasteiger partial charge < -0.3 is 8.83 Å². The van der Waals surface area contributed by atoms with Crippen molar-refractivity contribution in [3.8, 4) is 21.3 Å². The van der Waals surface area contributed by atoms with Gasteiger partial charge in [0, 0.05) is 0 Å². The lowest BCUT2D eigenvalue weighted by atomic mass is 10.3. The molecule has 3 aromatic rings. The summed E-state index contributed by atoms with van der Waals surface area (Å²) >= 11 is 1.62. The molecule has 3 rings (SSSR count). The van der Waals surface area contributed by atoms with Gasteiger partial charge in [-0.2, -0.15) is 0 Å². The van der Waals surface area contributed by atoms with Gasteiger partial charge in [-0.1, -0.05) is 0 Å². The van der Waals surface area contributed by atoms with E-state index in [9.17, 15) is 0 Å². The van der Waals surface area contributed by atoms with Gasteiger partial charge in [-0.3, -0.25) is 0 Å². The van der Waals surface area contributed by atoms with E-state index >= 15 is 0 Å². The summed E-state index contributed by atoms with van der Waals surface area (Å²) < 4.78 is 10.5. The highest BCUT2D eigenvalue weighted by Crippen LogP contribution is 2.34. The predicted molar refractivity (Wildman–Crippen MR) is 57.5 cm³/mol. The van der Waals surface area contributed by atoms with Crippen LogP contribution in [-0.2, 0) is 0 Å². The van der Waals surface area contributed by atoms with Crippen LogP contribution in [0.4, 0.5) is 0 Å². The summed E-state index contributed by atoms with van der Waals surface area (Å²) in [5.74, 6) is 1.67. The summed E-state index contributed by atoms with van der Waals surface area (Å²) in [7, 11) is 0. The lowest BCUT2D eigenvalue weighted by Crippen LogP contribution is -1.61. The summed E-state index contributed by atoms with van der Waals surface area (Å²) in [5.41, 5.74) is 0. The Morgan fingerprint density at radius 3 is 2.53 bits per heavy atom. The molecule has 0 spiro atoms. The summed E-state index contributed by atoms with van der Waals surface area (Å²) in [5, 5.41) is 0. The Morgan fingerprint density at radius 1 is 1.00 bits per heavy atom. The van der Waals surface area contributed by atoms with Crippen molar-refractivity contribution in [1.82, 2.24) is 4.98 Å². The van der Waals surface area contributed by atoms with Crippen LogP contribution < -0.4 is 0 Å². The summed E-state index contributed by atoms with van der Waals surface area (Å²) in [4.78, 5) is 6.03. The fraction of sp³-hybridized carbons (Fsp3) is 0. The highest BCUT2D eigenvalue weighted by molar-refractivity contribution is 7.18. The van der Waals surface area contributed by atoms with E-state index in [-0.39, 0.29) is 0 Å². The number of nitrogens with zero attached hydrogens (tertiary/aromatic N) is 1. The highest BCUT2D eigenvalue weighted by Gasteiger charge is 2.08. The maximum absolute atomic E-state index is 5.31. The summed E-state index contributed by atoms with van der Waals surface area (Å²) in [6.07, 6.45) is 4.81. The number of rotatable bonds is 2. The number of hydrogen-bond acceptors (Lipinski definition) is 4. The third kappa shape index (κ3) is 1.49. The van der Waals surface area contributed by atoms with E-state index in [0.29, 0.717) is 0 Å². The van der Waals surface area contributed by atoms with Gasteiger partial charge in [-0.15, -0.1) is 11.3 Å². The van der Waals surface area contributed by atoms with Crippen molar-refractivity contribution < 1.29 is 8.83 Å². The minimum atomic E-state index is 0.790. The molecule has 0 atom stereocenters. The van der Waals surface area contributed by atoms with Crippen molar-refractivity contribution in [3.63, 3.8) is 0 Å². The van der Waals surface area contributed by atoms with Crippen molar-refractivity contribution in [1.29, 1.82) is 0 Å². The van der Waals surface area contributed by atoms with Crippen LogP contribution in [0, 0.1) is 0 Å². The standard InChI is InChI=1S/C11H7NO2S/c1-2-8(13-5-1)10-3-4-11(15-10)9-6-12-7-14-9/h1-7H. The average molecular weight is 217 g/mol. The molecule has 0 aliphatic carbocycles. The van der Waals surface area contributed by atoms with Gasteiger partial charge in [-0.25, -0.2) is 4.98 Å². The highest BCUT2D eigenvalue weighted by atomic mass is 32.1.